The first-order chi connectivity index (χ1) is 11.8. The number of furan rings is 1. The van der Waals surface area contributed by atoms with Crippen molar-refractivity contribution in [2.24, 2.45) is 0 Å². The topological polar surface area (TPSA) is 76.4 Å². The van der Waals surface area contributed by atoms with Gasteiger partial charge in [-0.2, -0.15) is 0 Å². The number of aromatic nitrogens is 1. The first-order valence-electron chi connectivity index (χ1n) is 7.43. The van der Waals surface area contributed by atoms with Crippen LogP contribution in [0.25, 0.3) is 0 Å². The number of ether oxygens (including phenoxy) is 1. The predicted molar refractivity (Wildman–Crippen MR) is 90.4 cm³/mol. The van der Waals surface area contributed by atoms with Gasteiger partial charge >= 0.3 is 0 Å². The number of nitrogens with zero attached hydrogens (tertiary/aromatic N) is 1. The van der Waals surface area contributed by atoms with Gasteiger partial charge in [0.2, 0.25) is 0 Å². The molecule has 2 N–H and O–H groups in total. The summed E-state index contributed by atoms with van der Waals surface area (Å²) in [6, 6.07) is 14.6. The molecule has 3 rings (SSSR count). The summed E-state index contributed by atoms with van der Waals surface area (Å²) in [4.78, 5) is 16.3. The molecule has 2 aromatic heterocycles. The van der Waals surface area contributed by atoms with Gasteiger partial charge in [0.05, 0.1) is 25.6 Å². The van der Waals surface area contributed by atoms with E-state index in [-0.39, 0.29) is 5.91 Å². The molecule has 0 atom stereocenters. The summed E-state index contributed by atoms with van der Waals surface area (Å²) in [6.07, 6.45) is 3.15. The summed E-state index contributed by atoms with van der Waals surface area (Å²) < 4.78 is 10.5. The number of amides is 1. The number of rotatable bonds is 6. The molecule has 0 aliphatic carbocycles. The van der Waals surface area contributed by atoms with Gasteiger partial charge in [-0.25, -0.2) is 0 Å². The first-order valence-corrected chi connectivity index (χ1v) is 7.43. The molecule has 2 heterocycles. The first kappa shape index (κ1) is 15.6. The van der Waals surface area contributed by atoms with Crippen molar-refractivity contribution in [3.8, 4) is 5.75 Å². The van der Waals surface area contributed by atoms with E-state index in [2.05, 4.69) is 15.6 Å². The molecule has 0 aliphatic rings. The van der Waals surface area contributed by atoms with Gasteiger partial charge in [-0.05, 0) is 36.4 Å². The Kier molecular flexibility index (Phi) is 4.76. The molecule has 0 bridgehead atoms. The van der Waals surface area contributed by atoms with E-state index in [4.69, 9.17) is 9.15 Å². The van der Waals surface area contributed by atoms with Gasteiger partial charge in [0.25, 0.3) is 5.91 Å². The SMILES string of the molecule is COc1ccccc1Nc1ccnc(C(=O)NCc2ccco2)c1. The highest BCUT2D eigenvalue weighted by Gasteiger charge is 2.09. The van der Waals surface area contributed by atoms with Crippen molar-refractivity contribution in [3.05, 3.63) is 72.4 Å². The summed E-state index contributed by atoms with van der Waals surface area (Å²) in [7, 11) is 1.61. The third-order valence-corrected chi connectivity index (χ3v) is 3.38. The maximum absolute atomic E-state index is 12.2. The largest absolute Gasteiger partial charge is 0.495 e. The fourth-order valence-corrected chi connectivity index (χ4v) is 2.21. The quantitative estimate of drug-likeness (QED) is 0.727. The Balaban J connectivity index is 1.70. The third-order valence-electron chi connectivity index (χ3n) is 3.38. The smallest absolute Gasteiger partial charge is 0.270 e. The van der Waals surface area contributed by atoms with E-state index in [9.17, 15) is 4.79 Å². The van der Waals surface area contributed by atoms with Crippen molar-refractivity contribution in [1.82, 2.24) is 10.3 Å². The van der Waals surface area contributed by atoms with Gasteiger partial charge in [0, 0.05) is 11.9 Å². The van der Waals surface area contributed by atoms with Crippen LogP contribution < -0.4 is 15.4 Å². The minimum absolute atomic E-state index is 0.268. The van der Waals surface area contributed by atoms with Crippen LogP contribution in [-0.2, 0) is 6.54 Å². The fourth-order valence-electron chi connectivity index (χ4n) is 2.21. The monoisotopic (exact) mass is 323 g/mol. The number of nitrogens with one attached hydrogen (secondary N) is 2. The van der Waals surface area contributed by atoms with Crippen molar-refractivity contribution < 1.29 is 13.9 Å². The van der Waals surface area contributed by atoms with Gasteiger partial charge in [-0.1, -0.05) is 12.1 Å². The maximum Gasteiger partial charge on any atom is 0.270 e. The molecule has 6 nitrogen and oxygen atoms in total. The second-order valence-electron chi connectivity index (χ2n) is 5.02. The van der Waals surface area contributed by atoms with Gasteiger partial charge in [0.15, 0.2) is 0 Å². The lowest BCUT2D eigenvalue weighted by Gasteiger charge is -2.11. The predicted octanol–water partition coefficient (Wildman–Crippen LogP) is 3.36. The molecule has 1 amide bonds. The van der Waals surface area contributed by atoms with Crippen LogP contribution in [0, 0.1) is 0 Å². The summed E-state index contributed by atoms with van der Waals surface area (Å²) in [5, 5.41) is 5.99. The van der Waals surface area contributed by atoms with Crippen molar-refractivity contribution in [2.45, 2.75) is 6.54 Å². The molecule has 24 heavy (non-hydrogen) atoms. The van der Waals surface area contributed by atoms with E-state index in [1.54, 1.807) is 43.8 Å². The molecule has 0 saturated heterocycles. The van der Waals surface area contributed by atoms with Crippen LogP contribution in [-0.4, -0.2) is 18.0 Å². The Labute approximate surface area is 139 Å². The van der Waals surface area contributed by atoms with Crippen molar-refractivity contribution in [3.63, 3.8) is 0 Å². The average Bonchev–Trinajstić information content (AvgIpc) is 3.14. The van der Waals surface area contributed by atoms with E-state index in [0.29, 0.717) is 18.0 Å². The van der Waals surface area contributed by atoms with Crippen molar-refractivity contribution >= 4 is 17.3 Å². The maximum atomic E-state index is 12.2. The molecule has 6 heteroatoms. The number of hydrogen-bond donors (Lipinski definition) is 2. The minimum atomic E-state index is -0.268. The zero-order chi connectivity index (χ0) is 16.8. The lowest BCUT2D eigenvalue weighted by Crippen LogP contribution is -2.23. The molecule has 0 unspecified atom stereocenters. The van der Waals surface area contributed by atoms with Crippen molar-refractivity contribution in [1.29, 1.82) is 0 Å². The summed E-state index contributed by atoms with van der Waals surface area (Å²) in [5.74, 6) is 1.14. The normalized spacial score (nSPS) is 10.2. The zero-order valence-electron chi connectivity index (χ0n) is 13.2. The zero-order valence-corrected chi connectivity index (χ0v) is 13.2. The van der Waals surface area contributed by atoms with E-state index >= 15 is 0 Å². The Morgan fingerprint density at radius 2 is 2.08 bits per heavy atom. The molecule has 0 aliphatic heterocycles. The molecule has 1 aromatic carbocycles. The fraction of sp³-hybridized carbons (Fsp3) is 0.111. The molecule has 0 fully saturated rings. The number of anilines is 2. The Bertz CT molecular complexity index is 816. The van der Waals surface area contributed by atoms with Gasteiger partial charge < -0.3 is 19.8 Å². The lowest BCUT2D eigenvalue weighted by atomic mass is 10.2. The Morgan fingerprint density at radius 1 is 1.21 bits per heavy atom. The number of carbonyl (C=O) groups is 1. The number of carbonyl (C=O) groups excluding carboxylic acids is 1. The summed E-state index contributed by atoms with van der Waals surface area (Å²) in [5.41, 5.74) is 1.88. The van der Waals surface area contributed by atoms with Crippen LogP contribution in [0.3, 0.4) is 0 Å². The van der Waals surface area contributed by atoms with E-state index < -0.39 is 0 Å². The van der Waals surface area contributed by atoms with Crippen LogP contribution >= 0.6 is 0 Å². The number of hydrogen-bond acceptors (Lipinski definition) is 5. The molecular weight excluding hydrogens is 306 g/mol. The number of pyridine rings is 1. The Morgan fingerprint density at radius 3 is 2.88 bits per heavy atom. The standard InChI is InChI=1S/C18H17N3O3/c1-23-17-7-3-2-6-15(17)21-13-8-9-19-16(11-13)18(22)20-12-14-5-4-10-24-14/h2-11H,12H2,1H3,(H,19,21)(H,20,22). The number of methoxy groups -OCH3 is 1. The molecule has 3 aromatic rings. The lowest BCUT2D eigenvalue weighted by molar-refractivity contribution is 0.0943. The van der Waals surface area contributed by atoms with Crippen LogP contribution in [0.4, 0.5) is 11.4 Å². The number of benzene rings is 1. The Hall–Kier alpha value is -3.28. The van der Waals surface area contributed by atoms with E-state index in [1.807, 2.05) is 24.3 Å². The second kappa shape index (κ2) is 7.32. The molecule has 0 saturated carbocycles. The number of para-hydroxylation sites is 2. The minimum Gasteiger partial charge on any atom is -0.495 e. The van der Waals surface area contributed by atoms with Crippen molar-refractivity contribution in [2.75, 3.05) is 12.4 Å². The highest BCUT2D eigenvalue weighted by Crippen LogP contribution is 2.26. The molecular formula is C18H17N3O3. The van der Waals surface area contributed by atoms with Gasteiger partial charge in [-0.15, -0.1) is 0 Å². The van der Waals surface area contributed by atoms with Gasteiger partial charge in [0.1, 0.15) is 17.2 Å². The van der Waals surface area contributed by atoms with Crippen LogP contribution in [0.2, 0.25) is 0 Å². The van der Waals surface area contributed by atoms with Crippen LogP contribution in [0.1, 0.15) is 16.2 Å². The third kappa shape index (κ3) is 3.73. The molecule has 0 spiro atoms. The average molecular weight is 323 g/mol. The highest BCUT2D eigenvalue weighted by molar-refractivity contribution is 5.93. The summed E-state index contributed by atoms with van der Waals surface area (Å²) in [6.45, 7) is 0.317. The molecule has 122 valence electrons. The second-order valence-corrected chi connectivity index (χ2v) is 5.02. The van der Waals surface area contributed by atoms with E-state index in [0.717, 1.165) is 17.1 Å². The van der Waals surface area contributed by atoms with E-state index in [1.165, 1.54) is 0 Å². The van der Waals surface area contributed by atoms with Crippen LogP contribution in [0.15, 0.2) is 65.4 Å². The summed E-state index contributed by atoms with van der Waals surface area (Å²) >= 11 is 0. The van der Waals surface area contributed by atoms with Gasteiger partial charge in [-0.3, -0.25) is 9.78 Å². The van der Waals surface area contributed by atoms with Crippen LogP contribution in [0.5, 0.6) is 5.75 Å². The molecule has 0 radical (unpaired) electrons. The highest BCUT2D eigenvalue weighted by atomic mass is 16.5.